The average Bonchev–Trinajstić information content (AvgIpc) is 3.21. The van der Waals surface area contributed by atoms with Crippen molar-refractivity contribution in [1.82, 2.24) is 25.0 Å². The van der Waals surface area contributed by atoms with Gasteiger partial charge in [-0.05, 0) is 25.0 Å². The van der Waals surface area contributed by atoms with E-state index < -0.39 is 0 Å². The first-order valence-electron chi connectivity index (χ1n) is 9.29. The normalized spacial score (nSPS) is 13.3. The van der Waals surface area contributed by atoms with Gasteiger partial charge in [-0.1, -0.05) is 12.1 Å². The van der Waals surface area contributed by atoms with E-state index in [1.165, 1.54) is 0 Å². The minimum absolute atomic E-state index is 0.159. The van der Waals surface area contributed by atoms with Gasteiger partial charge in [-0.2, -0.15) is 0 Å². The molecule has 0 atom stereocenters. The Morgan fingerprint density at radius 1 is 1.25 bits per heavy atom. The molecule has 0 aliphatic carbocycles. The fourth-order valence-electron chi connectivity index (χ4n) is 3.32. The number of carbonyl (C=O) groups excluding carboxylic acids is 1. The van der Waals surface area contributed by atoms with Gasteiger partial charge in [0.2, 0.25) is 5.76 Å². The lowest BCUT2D eigenvalue weighted by atomic mass is 10.0. The lowest BCUT2D eigenvalue weighted by Crippen LogP contribution is -2.37. The summed E-state index contributed by atoms with van der Waals surface area (Å²) in [6.07, 6.45) is 4.87. The van der Waals surface area contributed by atoms with Crippen LogP contribution >= 0.6 is 0 Å². The first-order valence-corrected chi connectivity index (χ1v) is 9.29. The van der Waals surface area contributed by atoms with Gasteiger partial charge in [0, 0.05) is 50.2 Å². The summed E-state index contributed by atoms with van der Waals surface area (Å²) in [6, 6.07) is 5.48. The van der Waals surface area contributed by atoms with Crippen LogP contribution in [0.15, 0.2) is 35.1 Å². The minimum atomic E-state index is -0.159. The van der Waals surface area contributed by atoms with Crippen molar-refractivity contribution in [2.45, 2.75) is 26.3 Å². The Hall–Kier alpha value is -3.29. The van der Waals surface area contributed by atoms with Gasteiger partial charge < -0.3 is 14.3 Å². The summed E-state index contributed by atoms with van der Waals surface area (Å²) >= 11 is 0. The molecule has 8 heteroatoms. The molecule has 0 fully saturated rings. The number of aryl methyl sites for hydroxylation is 1. The van der Waals surface area contributed by atoms with Gasteiger partial charge in [0.15, 0.2) is 5.82 Å². The number of anilines is 1. The third-order valence-corrected chi connectivity index (χ3v) is 4.82. The topological polar surface area (TPSA) is 88.3 Å². The molecule has 1 aliphatic heterocycles. The van der Waals surface area contributed by atoms with E-state index in [9.17, 15) is 4.79 Å². The van der Waals surface area contributed by atoms with Crippen molar-refractivity contribution in [2.75, 3.05) is 25.5 Å². The van der Waals surface area contributed by atoms with Crippen molar-refractivity contribution in [3.63, 3.8) is 0 Å². The summed E-state index contributed by atoms with van der Waals surface area (Å²) in [5.41, 5.74) is 3.61. The largest absolute Gasteiger partial charge is 0.362 e. The van der Waals surface area contributed by atoms with Gasteiger partial charge in [-0.25, -0.2) is 9.97 Å². The number of pyridine rings is 1. The van der Waals surface area contributed by atoms with E-state index >= 15 is 0 Å². The van der Waals surface area contributed by atoms with E-state index in [1.54, 1.807) is 23.4 Å². The number of aromatic nitrogens is 4. The highest BCUT2D eigenvalue weighted by Crippen LogP contribution is 2.29. The van der Waals surface area contributed by atoms with Gasteiger partial charge in [0.25, 0.3) is 5.91 Å². The van der Waals surface area contributed by atoms with E-state index in [1.807, 2.05) is 38.1 Å². The molecule has 4 rings (SSSR count). The number of fused-ring (bicyclic) bond motifs is 1. The maximum Gasteiger partial charge on any atom is 0.292 e. The maximum atomic E-state index is 12.8. The SMILES string of the molecule is CCc1cc(C(=O)N2CCc3c(nc(-c4ccncc4)nc3N(C)C)C2)on1. The molecule has 0 saturated carbocycles. The average molecular weight is 378 g/mol. The highest BCUT2D eigenvalue weighted by molar-refractivity contribution is 5.91. The molecule has 0 N–H and O–H groups in total. The summed E-state index contributed by atoms with van der Waals surface area (Å²) in [4.78, 5) is 30.2. The predicted molar refractivity (Wildman–Crippen MR) is 104 cm³/mol. The van der Waals surface area contributed by atoms with E-state index in [-0.39, 0.29) is 11.7 Å². The molecule has 4 heterocycles. The Bertz CT molecular complexity index is 999. The van der Waals surface area contributed by atoms with Crippen LogP contribution in [0.2, 0.25) is 0 Å². The van der Waals surface area contributed by atoms with Crippen LogP contribution < -0.4 is 4.90 Å². The number of carbonyl (C=O) groups is 1. The maximum absolute atomic E-state index is 12.8. The minimum Gasteiger partial charge on any atom is -0.362 e. The van der Waals surface area contributed by atoms with E-state index in [4.69, 9.17) is 14.5 Å². The zero-order chi connectivity index (χ0) is 19.7. The van der Waals surface area contributed by atoms with Crippen molar-refractivity contribution in [2.24, 2.45) is 0 Å². The Morgan fingerprint density at radius 3 is 2.71 bits per heavy atom. The lowest BCUT2D eigenvalue weighted by Gasteiger charge is -2.30. The van der Waals surface area contributed by atoms with Crippen molar-refractivity contribution < 1.29 is 9.32 Å². The van der Waals surface area contributed by atoms with Crippen LogP contribution in [0.25, 0.3) is 11.4 Å². The molecule has 1 aliphatic rings. The van der Waals surface area contributed by atoms with Crippen LogP contribution in [0.4, 0.5) is 5.82 Å². The number of nitrogens with zero attached hydrogens (tertiary/aromatic N) is 6. The summed E-state index contributed by atoms with van der Waals surface area (Å²) in [6.45, 7) is 2.98. The van der Waals surface area contributed by atoms with E-state index in [0.717, 1.165) is 34.8 Å². The molecule has 0 unspecified atom stereocenters. The fraction of sp³-hybridized carbons (Fsp3) is 0.350. The summed E-state index contributed by atoms with van der Waals surface area (Å²) in [7, 11) is 3.94. The molecule has 8 nitrogen and oxygen atoms in total. The summed E-state index contributed by atoms with van der Waals surface area (Å²) < 4.78 is 5.22. The van der Waals surface area contributed by atoms with Crippen molar-refractivity contribution in [3.05, 3.63) is 53.3 Å². The van der Waals surface area contributed by atoms with Gasteiger partial charge >= 0.3 is 0 Å². The molecule has 0 spiro atoms. The molecule has 28 heavy (non-hydrogen) atoms. The van der Waals surface area contributed by atoms with Gasteiger partial charge in [0.05, 0.1) is 17.9 Å². The quantitative estimate of drug-likeness (QED) is 0.688. The number of hydrogen-bond acceptors (Lipinski definition) is 7. The zero-order valence-electron chi connectivity index (χ0n) is 16.2. The van der Waals surface area contributed by atoms with Crippen LogP contribution in [0.1, 0.15) is 34.4 Å². The molecule has 3 aromatic heterocycles. The highest BCUT2D eigenvalue weighted by Gasteiger charge is 2.28. The van der Waals surface area contributed by atoms with Crippen molar-refractivity contribution in [3.8, 4) is 11.4 Å². The molecule has 0 radical (unpaired) electrons. The van der Waals surface area contributed by atoms with Crippen molar-refractivity contribution in [1.29, 1.82) is 0 Å². The Kier molecular flexibility index (Phi) is 4.77. The summed E-state index contributed by atoms with van der Waals surface area (Å²) in [5.74, 6) is 1.63. The Balaban J connectivity index is 1.68. The lowest BCUT2D eigenvalue weighted by molar-refractivity contribution is 0.0689. The second kappa shape index (κ2) is 7.38. The summed E-state index contributed by atoms with van der Waals surface area (Å²) in [5, 5.41) is 3.93. The monoisotopic (exact) mass is 378 g/mol. The molecule has 1 amide bonds. The van der Waals surface area contributed by atoms with Gasteiger partial charge in [0.1, 0.15) is 5.82 Å². The highest BCUT2D eigenvalue weighted by atomic mass is 16.5. The van der Waals surface area contributed by atoms with Crippen LogP contribution in [0, 0.1) is 0 Å². The van der Waals surface area contributed by atoms with Crippen LogP contribution in [0.3, 0.4) is 0 Å². The number of amides is 1. The third-order valence-electron chi connectivity index (χ3n) is 4.82. The van der Waals surface area contributed by atoms with Gasteiger partial charge in [-0.3, -0.25) is 9.78 Å². The predicted octanol–water partition coefficient (Wildman–Crippen LogP) is 2.35. The molecular formula is C20H22N6O2. The first kappa shape index (κ1) is 18.1. The Labute approximate surface area is 163 Å². The smallest absolute Gasteiger partial charge is 0.292 e. The van der Waals surface area contributed by atoms with Crippen LogP contribution in [-0.4, -0.2) is 51.6 Å². The molecule has 3 aromatic rings. The van der Waals surface area contributed by atoms with E-state index in [0.29, 0.717) is 25.3 Å². The zero-order valence-corrected chi connectivity index (χ0v) is 16.2. The fourth-order valence-corrected chi connectivity index (χ4v) is 3.32. The molecule has 0 saturated heterocycles. The Morgan fingerprint density at radius 2 is 2.04 bits per heavy atom. The van der Waals surface area contributed by atoms with Gasteiger partial charge in [-0.15, -0.1) is 0 Å². The number of hydrogen-bond donors (Lipinski definition) is 0. The second-order valence-corrected chi connectivity index (χ2v) is 6.94. The third kappa shape index (κ3) is 3.33. The van der Waals surface area contributed by atoms with Crippen LogP contribution in [-0.2, 0) is 19.4 Å². The number of rotatable bonds is 4. The molecule has 0 aromatic carbocycles. The molecular weight excluding hydrogens is 356 g/mol. The standard InChI is InChI=1S/C20H22N6O2/c1-4-14-11-17(28-24-14)20(27)26-10-7-15-16(12-26)22-18(23-19(15)25(2)3)13-5-8-21-9-6-13/h5-6,8-9,11H,4,7,10,12H2,1-3H3. The molecule has 0 bridgehead atoms. The van der Waals surface area contributed by atoms with E-state index in [2.05, 4.69) is 10.1 Å². The first-order chi connectivity index (χ1) is 13.6. The molecule has 144 valence electrons. The van der Waals surface area contributed by atoms with Crippen LogP contribution in [0.5, 0.6) is 0 Å². The van der Waals surface area contributed by atoms with Crippen molar-refractivity contribution >= 4 is 11.7 Å². The second-order valence-electron chi connectivity index (χ2n) is 6.94.